The van der Waals surface area contributed by atoms with Gasteiger partial charge in [-0.3, -0.25) is 4.84 Å². The van der Waals surface area contributed by atoms with Gasteiger partial charge in [0.2, 0.25) is 0 Å². The van der Waals surface area contributed by atoms with Gasteiger partial charge in [-0.2, -0.15) is 5.48 Å². The first-order valence-corrected chi connectivity index (χ1v) is 1.88. The zero-order valence-corrected chi connectivity index (χ0v) is 3.28. The first-order valence-electron chi connectivity index (χ1n) is 1.88. The van der Waals surface area contributed by atoms with Crippen LogP contribution in [0.1, 0.15) is 0 Å². The van der Waals surface area contributed by atoms with Gasteiger partial charge < -0.3 is 0 Å². The Morgan fingerprint density at radius 1 is 1.83 bits per heavy atom. The SMILES string of the molecule is FC1CNOC1. The number of nitrogens with one attached hydrogen (secondary N) is 1. The van der Waals surface area contributed by atoms with Gasteiger partial charge in [-0.05, 0) is 0 Å². The molecule has 1 aliphatic heterocycles. The van der Waals surface area contributed by atoms with Crippen molar-refractivity contribution in [3.8, 4) is 0 Å². The molecule has 6 heavy (non-hydrogen) atoms. The molecule has 0 aliphatic carbocycles. The van der Waals surface area contributed by atoms with Crippen molar-refractivity contribution in [1.29, 1.82) is 0 Å². The Hall–Kier alpha value is -0.150. The third-order valence-corrected chi connectivity index (χ3v) is 0.671. The van der Waals surface area contributed by atoms with Gasteiger partial charge in [-0.1, -0.05) is 0 Å². The van der Waals surface area contributed by atoms with Gasteiger partial charge in [0.05, 0.1) is 6.54 Å². The maximum atomic E-state index is 11.7. The summed E-state index contributed by atoms with van der Waals surface area (Å²) in [7, 11) is 0. The highest BCUT2D eigenvalue weighted by molar-refractivity contribution is 4.58. The lowest BCUT2D eigenvalue weighted by Crippen LogP contribution is -2.07. The van der Waals surface area contributed by atoms with Gasteiger partial charge >= 0.3 is 0 Å². The molecule has 1 rings (SSSR count). The molecule has 0 aromatic carbocycles. The van der Waals surface area contributed by atoms with E-state index in [9.17, 15) is 4.39 Å². The minimum Gasteiger partial charge on any atom is -0.299 e. The molecule has 1 unspecified atom stereocenters. The molecule has 1 N–H and O–H groups in total. The van der Waals surface area contributed by atoms with Gasteiger partial charge in [0, 0.05) is 0 Å². The molecule has 36 valence electrons. The maximum absolute atomic E-state index is 11.7. The molecule has 2 nitrogen and oxygen atoms in total. The molecule has 0 saturated carbocycles. The van der Waals surface area contributed by atoms with E-state index in [1.165, 1.54) is 0 Å². The summed E-state index contributed by atoms with van der Waals surface area (Å²) in [6, 6.07) is 0. The Morgan fingerprint density at radius 3 is 2.83 bits per heavy atom. The quantitative estimate of drug-likeness (QED) is 0.448. The third kappa shape index (κ3) is 0.666. The van der Waals surface area contributed by atoms with Crippen LogP contribution in [0.2, 0.25) is 0 Å². The third-order valence-electron chi connectivity index (χ3n) is 0.671. The molecule has 0 aromatic rings. The van der Waals surface area contributed by atoms with E-state index in [-0.39, 0.29) is 6.61 Å². The summed E-state index contributed by atoms with van der Waals surface area (Å²) in [5.41, 5.74) is 2.40. The lowest BCUT2D eigenvalue weighted by atomic mass is 10.4. The molecule has 0 bridgehead atoms. The van der Waals surface area contributed by atoms with E-state index in [2.05, 4.69) is 10.3 Å². The molecular formula is C3H6FNO. The van der Waals surface area contributed by atoms with Crippen LogP contribution in [0.3, 0.4) is 0 Å². The van der Waals surface area contributed by atoms with Crippen molar-refractivity contribution in [3.63, 3.8) is 0 Å². The van der Waals surface area contributed by atoms with Crippen molar-refractivity contribution < 1.29 is 9.23 Å². The number of hydrogen-bond acceptors (Lipinski definition) is 2. The fourth-order valence-corrected chi connectivity index (χ4v) is 0.358. The van der Waals surface area contributed by atoms with E-state index in [1.807, 2.05) is 0 Å². The van der Waals surface area contributed by atoms with Crippen LogP contribution in [0, 0.1) is 0 Å². The summed E-state index contributed by atoms with van der Waals surface area (Å²) in [5, 5.41) is 0. The summed E-state index contributed by atoms with van der Waals surface area (Å²) in [4.78, 5) is 4.43. The van der Waals surface area contributed by atoms with Gasteiger partial charge in [0.15, 0.2) is 0 Å². The second-order valence-corrected chi connectivity index (χ2v) is 1.26. The van der Waals surface area contributed by atoms with Crippen LogP contribution in [0.25, 0.3) is 0 Å². The summed E-state index contributed by atoms with van der Waals surface area (Å²) < 4.78 is 11.7. The van der Waals surface area contributed by atoms with Crippen molar-refractivity contribution in [3.05, 3.63) is 0 Å². The predicted octanol–water partition coefficient (Wildman–Crippen LogP) is -0.141. The molecule has 1 fully saturated rings. The second-order valence-electron chi connectivity index (χ2n) is 1.26. The van der Waals surface area contributed by atoms with Crippen molar-refractivity contribution in [2.24, 2.45) is 0 Å². The largest absolute Gasteiger partial charge is 0.299 e. The highest BCUT2D eigenvalue weighted by atomic mass is 19.1. The Morgan fingerprint density at radius 2 is 2.67 bits per heavy atom. The van der Waals surface area contributed by atoms with Crippen LogP contribution < -0.4 is 5.48 Å². The molecule has 1 atom stereocenters. The van der Waals surface area contributed by atoms with Crippen molar-refractivity contribution in [2.75, 3.05) is 13.2 Å². The fraction of sp³-hybridized carbons (Fsp3) is 1.00. The highest BCUT2D eigenvalue weighted by Crippen LogP contribution is 1.93. The normalized spacial score (nSPS) is 34.5. The Kier molecular flexibility index (Phi) is 1.03. The van der Waals surface area contributed by atoms with Crippen molar-refractivity contribution >= 4 is 0 Å². The van der Waals surface area contributed by atoms with Gasteiger partial charge in [0.25, 0.3) is 0 Å². The average molecular weight is 91.1 g/mol. The van der Waals surface area contributed by atoms with Crippen LogP contribution in [-0.4, -0.2) is 19.3 Å². The summed E-state index contributed by atoms with van der Waals surface area (Å²) in [6.07, 6.45) is -0.787. The number of rotatable bonds is 0. The van der Waals surface area contributed by atoms with Crippen molar-refractivity contribution in [2.45, 2.75) is 6.17 Å². The first-order chi connectivity index (χ1) is 2.89. The predicted molar refractivity (Wildman–Crippen MR) is 18.9 cm³/mol. The minimum atomic E-state index is -0.787. The molecule has 0 radical (unpaired) electrons. The number of hydrogen-bond donors (Lipinski definition) is 1. The van der Waals surface area contributed by atoms with Crippen LogP contribution in [0.5, 0.6) is 0 Å². The summed E-state index contributed by atoms with van der Waals surface area (Å²) in [5.74, 6) is 0. The second kappa shape index (κ2) is 1.53. The van der Waals surface area contributed by atoms with Crippen LogP contribution in [-0.2, 0) is 4.84 Å². The standard InChI is InChI=1S/C3H6FNO/c4-3-1-5-6-2-3/h3,5H,1-2H2. The molecular weight excluding hydrogens is 85.0 g/mol. The topological polar surface area (TPSA) is 21.3 Å². The highest BCUT2D eigenvalue weighted by Gasteiger charge is 2.11. The Balaban J connectivity index is 2.18. The lowest BCUT2D eigenvalue weighted by Gasteiger charge is -1.82. The van der Waals surface area contributed by atoms with E-state index in [4.69, 9.17) is 0 Å². The van der Waals surface area contributed by atoms with Crippen LogP contribution >= 0.6 is 0 Å². The summed E-state index contributed by atoms with van der Waals surface area (Å²) >= 11 is 0. The van der Waals surface area contributed by atoms with Gasteiger partial charge in [-0.25, -0.2) is 4.39 Å². The molecule has 1 aliphatic rings. The van der Waals surface area contributed by atoms with E-state index in [1.54, 1.807) is 0 Å². The fourth-order valence-electron chi connectivity index (χ4n) is 0.358. The zero-order chi connectivity index (χ0) is 4.41. The molecule has 0 amide bonds. The Bertz CT molecular complexity index is 44.1. The van der Waals surface area contributed by atoms with Gasteiger partial charge in [0.1, 0.15) is 12.8 Å². The minimum absolute atomic E-state index is 0.208. The first kappa shape index (κ1) is 4.02. The lowest BCUT2D eigenvalue weighted by molar-refractivity contribution is 0.0933. The van der Waals surface area contributed by atoms with E-state index in [0.717, 1.165) is 0 Å². The van der Waals surface area contributed by atoms with E-state index < -0.39 is 6.17 Å². The zero-order valence-electron chi connectivity index (χ0n) is 3.28. The molecule has 3 heteroatoms. The van der Waals surface area contributed by atoms with Crippen LogP contribution in [0.15, 0.2) is 0 Å². The smallest absolute Gasteiger partial charge is 0.140 e. The number of halogens is 1. The monoisotopic (exact) mass is 91.0 g/mol. The number of alkyl halides is 1. The Labute approximate surface area is 35.2 Å². The summed E-state index contributed by atoms with van der Waals surface area (Å²) in [6.45, 7) is 0.556. The molecule has 0 spiro atoms. The molecule has 1 heterocycles. The average Bonchev–Trinajstić information content (AvgIpc) is 1.86. The van der Waals surface area contributed by atoms with Crippen molar-refractivity contribution in [1.82, 2.24) is 5.48 Å². The number of hydroxylamine groups is 1. The molecule has 0 aromatic heterocycles. The van der Waals surface area contributed by atoms with E-state index >= 15 is 0 Å². The molecule has 1 saturated heterocycles. The van der Waals surface area contributed by atoms with E-state index in [0.29, 0.717) is 6.54 Å². The van der Waals surface area contributed by atoms with Gasteiger partial charge in [-0.15, -0.1) is 0 Å². The maximum Gasteiger partial charge on any atom is 0.140 e. The van der Waals surface area contributed by atoms with Crippen LogP contribution in [0.4, 0.5) is 4.39 Å².